The number of benzene rings is 1. The van der Waals surface area contributed by atoms with Crippen LogP contribution in [0, 0.1) is 0 Å². The van der Waals surface area contributed by atoms with E-state index in [1.54, 1.807) is 24.5 Å². The topological polar surface area (TPSA) is 60.2 Å². The van der Waals surface area contributed by atoms with Crippen LogP contribution in [0.2, 0.25) is 0 Å². The van der Waals surface area contributed by atoms with Crippen molar-refractivity contribution in [2.75, 3.05) is 0 Å². The van der Waals surface area contributed by atoms with Gasteiger partial charge in [-0.2, -0.15) is 0 Å². The summed E-state index contributed by atoms with van der Waals surface area (Å²) in [6.45, 7) is 0. The van der Waals surface area contributed by atoms with Gasteiger partial charge in [-0.3, -0.25) is 4.98 Å². The smallest absolute Gasteiger partial charge is 0.261 e. The summed E-state index contributed by atoms with van der Waals surface area (Å²) in [6, 6.07) is 9.91. The number of nitrogens with zero attached hydrogens (tertiary/aromatic N) is 1. The van der Waals surface area contributed by atoms with Crippen LogP contribution in [0.1, 0.15) is 0 Å². The minimum atomic E-state index is -3.73. The lowest BCUT2D eigenvalue weighted by Crippen LogP contribution is -1.88. The lowest BCUT2D eigenvalue weighted by Gasteiger charge is -1.94. The van der Waals surface area contributed by atoms with E-state index in [0.717, 1.165) is 5.56 Å². The second kappa shape index (κ2) is 4.36. The fourth-order valence-electron chi connectivity index (χ4n) is 1.83. The van der Waals surface area contributed by atoms with Gasteiger partial charge in [0.2, 0.25) is 0 Å². The molecule has 3 aromatic rings. The zero-order valence-corrected chi connectivity index (χ0v) is 11.1. The molecule has 0 spiro atoms. The normalized spacial score (nSPS) is 11.8. The van der Waals surface area contributed by atoms with Gasteiger partial charge >= 0.3 is 0 Å². The first-order chi connectivity index (χ1) is 9.04. The maximum absolute atomic E-state index is 11.3. The van der Waals surface area contributed by atoms with E-state index < -0.39 is 9.05 Å². The molecule has 0 aliphatic rings. The molecule has 0 saturated carbocycles. The predicted molar refractivity (Wildman–Crippen MR) is 72.5 cm³/mol. The molecule has 96 valence electrons. The van der Waals surface area contributed by atoms with Crippen LogP contribution >= 0.6 is 10.7 Å². The summed E-state index contributed by atoms with van der Waals surface area (Å²) < 4.78 is 28.2. The molecule has 2 heterocycles. The summed E-state index contributed by atoms with van der Waals surface area (Å²) in [5.74, 6) is 0.654. The first-order valence-electron chi connectivity index (χ1n) is 5.43. The van der Waals surface area contributed by atoms with Crippen molar-refractivity contribution < 1.29 is 12.8 Å². The van der Waals surface area contributed by atoms with Crippen LogP contribution in [0.4, 0.5) is 0 Å². The van der Waals surface area contributed by atoms with Crippen molar-refractivity contribution in [3.8, 4) is 11.3 Å². The van der Waals surface area contributed by atoms with Gasteiger partial charge in [-0.25, -0.2) is 8.42 Å². The van der Waals surface area contributed by atoms with Crippen molar-refractivity contribution in [2.24, 2.45) is 0 Å². The first kappa shape index (κ1) is 12.2. The van der Waals surface area contributed by atoms with E-state index in [4.69, 9.17) is 15.1 Å². The zero-order chi connectivity index (χ0) is 13.5. The summed E-state index contributed by atoms with van der Waals surface area (Å²) in [6.07, 6.45) is 3.33. The molecule has 19 heavy (non-hydrogen) atoms. The number of furan rings is 1. The van der Waals surface area contributed by atoms with Gasteiger partial charge in [-0.05, 0) is 36.4 Å². The van der Waals surface area contributed by atoms with Crippen molar-refractivity contribution >= 4 is 30.7 Å². The Labute approximate surface area is 114 Å². The molecule has 1 aromatic carbocycles. The second-order valence-corrected chi connectivity index (χ2v) is 6.55. The van der Waals surface area contributed by atoms with Crippen molar-refractivity contribution in [3.05, 3.63) is 48.8 Å². The Morgan fingerprint density at radius 1 is 1.05 bits per heavy atom. The maximum Gasteiger partial charge on any atom is 0.261 e. The first-order valence-corrected chi connectivity index (χ1v) is 7.74. The highest BCUT2D eigenvalue weighted by Crippen LogP contribution is 2.29. The molecule has 0 aliphatic heterocycles. The quantitative estimate of drug-likeness (QED) is 0.679. The summed E-state index contributed by atoms with van der Waals surface area (Å²) in [5.41, 5.74) is 1.48. The Balaban J connectivity index is 2.17. The average molecular weight is 294 g/mol. The molecular weight excluding hydrogens is 286 g/mol. The summed E-state index contributed by atoms with van der Waals surface area (Å²) in [5, 5.41) is 0.688. The van der Waals surface area contributed by atoms with E-state index >= 15 is 0 Å². The van der Waals surface area contributed by atoms with Crippen molar-refractivity contribution in [3.63, 3.8) is 0 Å². The van der Waals surface area contributed by atoms with Gasteiger partial charge in [0, 0.05) is 34.0 Å². The molecular formula is C13H8ClNO3S. The van der Waals surface area contributed by atoms with E-state index in [1.165, 1.54) is 12.1 Å². The van der Waals surface area contributed by atoms with Gasteiger partial charge in [0.05, 0.1) is 4.90 Å². The molecule has 0 radical (unpaired) electrons. The van der Waals surface area contributed by atoms with Gasteiger partial charge < -0.3 is 4.42 Å². The number of hydrogen-bond donors (Lipinski definition) is 0. The van der Waals surface area contributed by atoms with Crippen LogP contribution in [-0.4, -0.2) is 13.4 Å². The van der Waals surface area contributed by atoms with E-state index in [1.807, 2.05) is 12.1 Å². The van der Waals surface area contributed by atoms with Crippen molar-refractivity contribution in [1.29, 1.82) is 0 Å². The Hall–Kier alpha value is -1.85. The second-order valence-electron chi connectivity index (χ2n) is 3.98. The highest BCUT2D eigenvalue weighted by Gasteiger charge is 2.13. The number of fused-ring (bicyclic) bond motifs is 1. The van der Waals surface area contributed by atoms with Crippen molar-refractivity contribution in [1.82, 2.24) is 4.98 Å². The Bertz CT molecular complexity index is 841. The molecule has 2 aromatic heterocycles. The summed E-state index contributed by atoms with van der Waals surface area (Å²) in [4.78, 5) is 3.99. The van der Waals surface area contributed by atoms with E-state index in [9.17, 15) is 8.42 Å². The lowest BCUT2D eigenvalue weighted by atomic mass is 10.2. The Morgan fingerprint density at radius 2 is 1.79 bits per heavy atom. The van der Waals surface area contributed by atoms with Gasteiger partial charge in [0.1, 0.15) is 11.3 Å². The fourth-order valence-corrected chi connectivity index (χ4v) is 2.62. The Kier molecular flexibility index (Phi) is 2.80. The molecule has 0 saturated heterocycles. The maximum atomic E-state index is 11.3. The lowest BCUT2D eigenvalue weighted by molar-refractivity contribution is 0.609. The van der Waals surface area contributed by atoms with Crippen LogP contribution in [0.3, 0.4) is 0 Å². The molecule has 0 aliphatic carbocycles. The van der Waals surface area contributed by atoms with E-state index in [0.29, 0.717) is 16.7 Å². The minimum absolute atomic E-state index is 0.0590. The van der Waals surface area contributed by atoms with Crippen LogP contribution in [0.25, 0.3) is 22.3 Å². The molecule has 0 fully saturated rings. The monoisotopic (exact) mass is 293 g/mol. The molecule has 3 rings (SSSR count). The number of pyridine rings is 1. The zero-order valence-electron chi connectivity index (χ0n) is 9.58. The number of hydrogen-bond acceptors (Lipinski definition) is 4. The third-order valence-electron chi connectivity index (χ3n) is 2.73. The van der Waals surface area contributed by atoms with Crippen LogP contribution in [-0.2, 0) is 9.05 Å². The standard InChI is InChI=1S/C13H8ClNO3S/c14-19(16,17)11-1-2-12-10(7-11)8-13(18-12)9-3-5-15-6-4-9/h1-8H. The summed E-state index contributed by atoms with van der Waals surface area (Å²) in [7, 11) is 1.59. The van der Waals surface area contributed by atoms with E-state index in [-0.39, 0.29) is 4.90 Å². The van der Waals surface area contributed by atoms with E-state index in [2.05, 4.69) is 4.98 Å². The predicted octanol–water partition coefficient (Wildman–Crippen LogP) is 3.42. The van der Waals surface area contributed by atoms with Gasteiger partial charge in [0.25, 0.3) is 9.05 Å². The van der Waals surface area contributed by atoms with Crippen molar-refractivity contribution in [2.45, 2.75) is 4.90 Å². The third kappa shape index (κ3) is 2.34. The molecule has 0 unspecified atom stereocenters. The van der Waals surface area contributed by atoms with Gasteiger partial charge in [0.15, 0.2) is 0 Å². The third-order valence-corrected chi connectivity index (χ3v) is 4.09. The molecule has 0 bridgehead atoms. The number of aromatic nitrogens is 1. The number of rotatable bonds is 2. The highest BCUT2D eigenvalue weighted by molar-refractivity contribution is 8.13. The SMILES string of the molecule is O=S(=O)(Cl)c1ccc2oc(-c3ccncc3)cc2c1. The van der Waals surface area contributed by atoms with Crippen LogP contribution < -0.4 is 0 Å². The van der Waals surface area contributed by atoms with Gasteiger partial charge in [-0.15, -0.1) is 0 Å². The minimum Gasteiger partial charge on any atom is -0.456 e. The summed E-state index contributed by atoms with van der Waals surface area (Å²) >= 11 is 0. The van der Waals surface area contributed by atoms with Crippen LogP contribution in [0.15, 0.2) is 58.1 Å². The molecule has 4 nitrogen and oxygen atoms in total. The van der Waals surface area contributed by atoms with Crippen LogP contribution in [0.5, 0.6) is 0 Å². The number of halogens is 1. The highest BCUT2D eigenvalue weighted by atomic mass is 35.7. The van der Waals surface area contributed by atoms with Gasteiger partial charge in [-0.1, -0.05) is 0 Å². The largest absolute Gasteiger partial charge is 0.456 e. The molecule has 0 amide bonds. The molecule has 0 N–H and O–H groups in total. The molecule has 0 atom stereocenters. The Morgan fingerprint density at radius 3 is 2.47 bits per heavy atom. The average Bonchev–Trinajstić information content (AvgIpc) is 2.81. The fraction of sp³-hybridized carbons (Fsp3) is 0. The molecule has 6 heteroatoms.